The van der Waals surface area contributed by atoms with E-state index in [0.29, 0.717) is 18.4 Å². The van der Waals surface area contributed by atoms with Crippen molar-refractivity contribution in [1.82, 2.24) is 9.97 Å². The van der Waals surface area contributed by atoms with Gasteiger partial charge in [0.2, 0.25) is 5.88 Å². The topological polar surface area (TPSA) is 64.3 Å². The summed E-state index contributed by atoms with van der Waals surface area (Å²) in [6.45, 7) is 6.66. The van der Waals surface area contributed by atoms with Crippen molar-refractivity contribution in [2.75, 3.05) is 24.6 Å². The van der Waals surface area contributed by atoms with E-state index in [0.717, 1.165) is 36.1 Å². The molecule has 0 radical (unpaired) electrons. The van der Waals surface area contributed by atoms with Crippen LogP contribution in [0.1, 0.15) is 20.3 Å². The molecule has 112 valence electrons. The maximum Gasteiger partial charge on any atom is 0.240 e. The highest BCUT2D eigenvalue weighted by molar-refractivity contribution is 5.94. The minimum atomic E-state index is 0.215. The first kappa shape index (κ1) is 14.1. The maximum atomic E-state index is 6.17. The summed E-state index contributed by atoms with van der Waals surface area (Å²) in [5.74, 6) is 1.19. The number of hydrogen-bond acceptors (Lipinski definition) is 5. The first-order valence-electron chi connectivity index (χ1n) is 7.56. The average molecular weight is 286 g/mol. The van der Waals surface area contributed by atoms with Gasteiger partial charge >= 0.3 is 0 Å². The second kappa shape index (κ2) is 5.85. The van der Waals surface area contributed by atoms with Gasteiger partial charge in [-0.25, -0.2) is 4.98 Å². The van der Waals surface area contributed by atoms with Gasteiger partial charge in [-0.1, -0.05) is 6.92 Å². The maximum absolute atomic E-state index is 6.17. The van der Waals surface area contributed by atoms with Crippen molar-refractivity contribution in [2.45, 2.75) is 26.3 Å². The molecule has 2 N–H and O–H groups in total. The van der Waals surface area contributed by atoms with E-state index < -0.39 is 0 Å². The van der Waals surface area contributed by atoms with Crippen molar-refractivity contribution >= 4 is 16.6 Å². The first-order chi connectivity index (χ1) is 10.2. The predicted octanol–water partition coefficient (Wildman–Crippen LogP) is 2.20. The smallest absolute Gasteiger partial charge is 0.240 e. The van der Waals surface area contributed by atoms with Gasteiger partial charge in [-0.2, -0.15) is 0 Å². The molecule has 0 aliphatic carbocycles. The van der Waals surface area contributed by atoms with E-state index in [9.17, 15) is 0 Å². The van der Waals surface area contributed by atoms with Crippen molar-refractivity contribution < 1.29 is 4.74 Å². The number of aromatic nitrogens is 2. The number of hydrogen-bond donors (Lipinski definition) is 1. The molecule has 1 fully saturated rings. The molecule has 2 aromatic heterocycles. The lowest BCUT2D eigenvalue weighted by Crippen LogP contribution is -2.46. The van der Waals surface area contributed by atoms with Gasteiger partial charge in [0, 0.05) is 30.7 Å². The third-order valence-electron chi connectivity index (χ3n) is 3.90. The van der Waals surface area contributed by atoms with Crippen LogP contribution in [0.25, 0.3) is 10.9 Å². The molecule has 3 rings (SSSR count). The molecule has 2 aromatic rings. The number of nitrogens with two attached hydrogens (primary N) is 1. The summed E-state index contributed by atoms with van der Waals surface area (Å²) in [5.41, 5.74) is 8.10. The Morgan fingerprint density at radius 1 is 1.38 bits per heavy atom. The molecule has 0 amide bonds. The van der Waals surface area contributed by atoms with Crippen LogP contribution >= 0.6 is 0 Å². The first-order valence-corrected chi connectivity index (χ1v) is 7.56. The molecule has 5 heteroatoms. The summed E-state index contributed by atoms with van der Waals surface area (Å²) in [6.07, 6.45) is 4.75. The van der Waals surface area contributed by atoms with Gasteiger partial charge in [-0.3, -0.25) is 4.98 Å². The summed E-state index contributed by atoms with van der Waals surface area (Å²) in [5, 5.41) is 1.08. The van der Waals surface area contributed by atoms with Gasteiger partial charge in [0.15, 0.2) is 0 Å². The highest BCUT2D eigenvalue weighted by Crippen LogP contribution is 2.32. The summed E-state index contributed by atoms with van der Waals surface area (Å²) in [6, 6.07) is 4.24. The zero-order valence-corrected chi connectivity index (χ0v) is 12.6. The minimum Gasteiger partial charge on any atom is -0.476 e. The quantitative estimate of drug-likeness (QED) is 0.937. The molecule has 2 atom stereocenters. The van der Waals surface area contributed by atoms with Crippen LogP contribution in [0.3, 0.4) is 0 Å². The van der Waals surface area contributed by atoms with Crippen molar-refractivity contribution in [1.29, 1.82) is 0 Å². The summed E-state index contributed by atoms with van der Waals surface area (Å²) in [7, 11) is 0. The molecular weight excluding hydrogens is 264 g/mol. The Bertz CT molecular complexity index is 621. The second-order valence-corrected chi connectivity index (χ2v) is 5.79. The minimum absolute atomic E-state index is 0.215. The molecule has 0 aromatic carbocycles. The van der Waals surface area contributed by atoms with Crippen LogP contribution in [0.5, 0.6) is 5.88 Å². The number of anilines is 1. The van der Waals surface area contributed by atoms with Gasteiger partial charge in [0.25, 0.3) is 0 Å². The molecular formula is C16H22N4O. The molecule has 0 unspecified atom stereocenters. The molecule has 5 nitrogen and oxygen atoms in total. The van der Waals surface area contributed by atoms with E-state index in [1.807, 2.05) is 19.2 Å². The Balaban J connectivity index is 2.05. The Morgan fingerprint density at radius 3 is 3.00 bits per heavy atom. The van der Waals surface area contributed by atoms with Gasteiger partial charge in [0.1, 0.15) is 5.52 Å². The van der Waals surface area contributed by atoms with Crippen LogP contribution in [0.2, 0.25) is 0 Å². The van der Waals surface area contributed by atoms with Crippen LogP contribution in [0.4, 0.5) is 5.69 Å². The average Bonchev–Trinajstić information content (AvgIpc) is 2.47. The normalized spacial score (nSPS) is 22.5. The van der Waals surface area contributed by atoms with E-state index in [4.69, 9.17) is 10.5 Å². The SMILES string of the molecule is CCOc1ncc(N2C[C@@H](C)C[C@@H](N)C2)c2cccnc12. The Labute approximate surface area is 125 Å². The van der Waals surface area contributed by atoms with E-state index in [1.54, 1.807) is 6.20 Å². The fourth-order valence-electron chi connectivity index (χ4n) is 3.12. The number of ether oxygens (including phenoxy) is 1. The summed E-state index contributed by atoms with van der Waals surface area (Å²) in [4.78, 5) is 11.2. The predicted molar refractivity (Wildman–Crippen MR) is 84.7 cm³/mol. The van der Waals surface area contributed by atoms with Crippen molar-refractivity contribution in [2.24, 2.45) is 11.7 Å². The lowest BCUT2D eigenvalue weighted by Gasteiger charge is -2.36. The lowest BCUT2D eigenvalue weighted by atomic mass is 9.96. The highest BCUT2D eigenvalue weighted by Gasteiger charge is 2.24. The van der Waals surface area contributed by atoms with Gasteiger partial charge in [0.05, 0.1) is 18.5 Å². The number of fused-ring (bicyclic) bond motifs is 1. The van der Waals surface area contributed by atoms with Crippen molar-refractivity contribution in [3.05, 3.63) is 24.5 Å². The van der Waals surface area contributed by atoms with E-state index in [2.05, 4.69) is 27.9 Å². The number of rotatable bonds is 3. The van der Waals surface area contributed by atoms with Gasteiger partial charge in [-0.15, -0.1) is 0 Å². The van der Waals surface area contributed by atoms with Crippen LogP contribution in [-0.2, 0) is 0 Å². The van der Waals surface area contributed by atoms with Crippen LogP contribution < -0.4 is 15.4 Å². The highest BCUT2D eigenvalue weighted by atomic mass is 16.5. The standard InChI is InChI=1S/C16H22N4O/c1-3-21-16-15-13(5-4-6-18-15)14(8-19-16)20-9-11(2)7-12(17)10-20/h4-6,8,11-12H,3,7,9-10,17H2,1-2H3/t11-,12+/m0/s1. The van der Waals surface area contributed by atoms with E-state index in [-0.39, 0.29) is 6.04 Å². The second-order valence-electron chi connectivity index (χ2n) is 5.79. The number of nitrogens with zero attached hydrogens (tertiary/aromatic N) is 3. The molecule has 21 heavy (non-hydrogen) atoms. The fourth-order valence-corrected chi connectivity index (χ4v) is 3.12. The molecule has 0 bridgehead atoms. The Morgan fingerprint density at radius 2 is 2.24 bits per heavy atom. The molecule has 0 saturated carbocycles. The number of piperidine rings is 1. The molecule has 1 saturated heterocycles. The van der Waals surface area contributed by atoms with Gasteiger partial charge < -0.3 is 15.4 Å². The van der Waals surface area contributed by atoms with Crippen LogP contribution in [0.15, 0.2) is 24.5 Å². The van der Waals surface area contributed by atoms with Gasteiger partial charge in [-0.05, 0) is 31.4 Å². The third kappa shape index (κ3) is 2.78. The summed E-state index contributed by atoms with van der Waals surface area (Å²) >= 11 is 0. The lowest BCUT2D eigenvalue weighted by molar-refractivity contribution is 0.330. The zero-order chi connectivity index (χ0) is 14.8. The monoisotopic (exact) mass is 286 g/mol. The van der Waals surface area contributed by atoms with Crippen molar-refractivity contribution in [3.8, 4) is 5.88 Å². The van der Waals surface area contributed by atoms with Crippen LogP contribution in [-0.4, -0.2) is 35.7 Å². The fraction of sp³-hybridized carbons (Fsp3) is 0.500. The van der Waals surface area contributed by atoms with E-state index >= 15 is 0 Å². The third-order valence-corrected chi connectivity index (χ3v) is 3.90. The van der Waals surface area contributed by atoms with Crippen molar-refractivity contribution in [3.63, 3.8) is 0 Å². The van der Waals surface area contributed by atoms with Crippen LogP contribution in [0, 0.1) is 5.92 Å². The Kier molecular flexibility index (Phi) is 3.92. The molecule has 0 spiro atoms. The zero-order valence-electron chi connectivity index (χ0n) is 12.6. The van der Waals surface area contributed by atoms with E-state index in [1.165, 1.54) is 0 Å². The Hall–Kier alpha value is -1.88. The molecule has 3 heterocycles. The molecule has 1 aliphatic rings. The molecule has 1 aliphatic heterocycles. The number of pyridine rings is 2. The summed E-state index contributed by atoms with van der Waals surface area (Å²) < 4.78 is 5.59. The largest absolute Gasteiger partial charge is 0.476 e.